The average molecular weight is 325 g/mol. The molecule has 0 spiro atoms. The first-order valence-electron chi connectivity index (χ1n) is 5.82. The number of hydrogen-bond donors (Lipinski definition) is 1. The molecular formula is C13H10Cl2N4S. The molecule has 0 aliphatic heterocycles. The van der Waals surface area contributed by atoms with E-state index in [2.05, 4.69) is 15.3 Å². The summed E-state index contributed by atoms with van der Waals surface area (Å²) in [7, 11) is 1.83. The average Bonchev–Trinajstić information content (AvgIpc) is 2.91. The lowest BCUT2D eigenvalue weighted by atomic mass is 10.4. The highest BCUT2D eigenvalue weighted by atomic mass is 35.5. The van der Waals surface area contributed by atoms with Crippen molar-refractivity contribution in [2.75, 3.05) is 12.4 Å². The molecule has 4 nitrogen and oxygen atoms in total. The summed E-state index contributed by atoms with van der Waals surface area (Å²) in [6.07, 6.45) is 5.52. The quantitative estimate of drug-likeness (QED) is 0.782. The molecule has 0 radical (unpaired) electrons. The van der Waals surface area contributed by atoms with Crippen LogP contribution in [-0.2, 0) is 0 Å². The molecule has 0 saturated heterocycles. The van der Waals surface area contributed by atoms with Crippen LogP contribution >= 0.6 is 35.0 Å². The Morgan fingerprint density at radius 1 is 1.25 bits per heavy atom. The molecule has 102 valence electrons. The van der Waals surface area contributed by atoms with Gasteiger partial charge in [-0.15, -0.1) is 0 Å². The summed E-state index contributed by atoms with van der Waals surface area (Å²) in [6, 6.07) is 5.50. The Morgan fingerprint density at radius 2 is 2.10 bits per heavy atom. The third-order valence-electron chi connectivity index (χ3n) is 2.71. The van der Waals surface area contributed by atoms with Crippen molar-refractivity contribution in [3.8, 4) is 0 Å². The third-order valence-corrected chi connectivity index (χ3v) is 4.40. The van der Waals surface area contributed by atoms with Gasteiger partial charge in [-0.25, -0.2) is 9.97 Å². The van der Waals surface area contributed by atoms with E-state index < -0.39 is 0 Å². The molecule has 1 aromatic carbocycles. The zero-order valence-electron chi connectivity index (χ0n) is 10.5. The maximum atomic E-state index is 6.04. The number of nitrogens with one attached hydrogen (secondary N) is 1. The van der Waals surface area contributed by atoms with E-state index in [-0.39, 0.29) is 0 Å². The molecule has 0 amide bonds. The van der Waals surface area contributed by atoms with Gasteiger partial charge in [0, 0.05) is 24.3 Å². The van der Waals surface area contributed by atoms with E-state index in [9.17, 15) is 0 Å². The van der Waals surface area contributed by atoms with Gasteiger partial charge in [-0.05, 0) is 18.2 Å². The number of benzene rings is 1. The van der Waals surface area contributed by atoms with Crippen molar-refractivity contribution in [1.82, 2.24) is 14.4 Å². The Labute approximate surface area is 130 Å². The number of hydrogen-bond acceptors (Lipinski definition) is 4. The predicted octanol–water partition coefficient (Wildman–Crippen LogP) is 4.23. The SMILES string of the molecule is CNc1cn2ccnc2c(Sc2ccc(Cl)c(Cl)c2)n1. The fraction of sp³-hybridized carbons (Fsp3) is 0.0769. The van der Waals surface area contributed by atoms with Crippen molar-refractivity contribution in [3.63, 3.8) is 0 Å². The lowest BCUT2D eigenvalue weighted by Crippen LogP contribution is -1.98. The minimum absolute atomic E-state index is 0.529. The summed E-state index contributed by atoms with van der Waals surface area (Å²) in [5.41, 5.74) is 0.806. The highest BCUT2D eigenvalue weighted by Gasteiger charge is 2.10. The van der Waals surface area contributed by atoms with E-state index in [1.807, 2.05) is 36.0 Å². The first kappa shape index (κ1) is 13.5. The normalized spacial score (nSPS) is 10.9. The standard InChI is InChI=1S/C13H10Cl2N4S/c1-16-11-7-19-5-4-17-12(19)13(18-11)20-8-2-3-9(14)10(15)6-8/h2-7,16H,1H3. The van der Waals surface area contributed by atoms with Crippen LogP contribution < -0.4 is 5.32 Å². The van der Waals surface area contributed by atoms with Gasteiger partial charge in [0.1, 0.15) is 10.8 Å². The van der Waals surface area contributed by atoms with Crippen LogP contribution in [0.2, 0.25) is 10.0 Å². The summed E-state index contributed by atoms with van der Waals surface area (Å²) in [5, 5.41) is 4.91. The van der Waals surface area contributed by atoms with Gasteiger partial charge in [-0.1, -0.05) is 35.0 Å². The first-order valence-corrected chi connectivity index (χ1v) is 7.39. The van der Waals surface area contributed by atoms with Gasteiger partial charge in [0.05, 0.1) is 16.2 Å². The Bertz CT molecular complexity index is 772. The van der Waals surface area contributed by atoms with Gasteiger partial charge in [-0.2, -0.15) is 0 Å². The van der Waals surface area contributed by atoms with Gasteiger partial charge < -0.3 is 9.72 Å². The first-order chi connectivity index (χ1) is 9.67. The molecule has 0 saturated carbocycles. The largest absolute Gasteiger partial charge is 0.372 e. The van der Waals surface area contributed by atoms with Gasteiger partial charge in [0.15, 0.2) is 5.65 Å². The van der Waals surface area contributed by atoms with E-state index in [1.54, 1.807) is 12.3 Å². The van der Waals surface area contributed by atoms with E-state index in [4.69, 9.17) is 23.2 Å². The van der Waals surface area contributed by atoms with Crippen LogP contribution in [0.5, 0.6) is 0 Å². The summed E-state index contributed by atoms with van der Waals surface area (Å²) >= 11 is 13.5. The van der Waals surface area contributed by atoms with Crippen LogP contribution in [0.3, 0.4) is 0 Å². The predicted molar refractivity (Wildman–Crippen MR) is 83.1 cm³/mol. The Morgan fingerprint density at radius 3 is 2.85 bits per heavy atom. The van der Waals surface area contributed by atoms with Crippen molar-refractivity contribution >= 4 is 46.4 Å². The molecule has 0 aliphatic rings. The van der Waals surface area contributed by atoms with Crippen molar-refractivity contribution < 1.29 is 0 Å². The van der Waals surface area contributed by atoms with Gasteiger partial charge in [0.25, 0.3) is 0 Å². The molecule has 0 bridgehead atoms. The number of rotatable bonds is 3. The van der Waals surface area contributed by atoms with Crippen molar-refractivity contribution in [3.05, 3.63) is 46.8 Å². The Kier molecular flexibility index (Phi) is 3.74. The lowest BCUT2D eigenvalue weighted by Gasteiger charge is -2.07. The molecule has 0 fully saturated rings. The molecule has 0 aliphatic carbocycles. The summed E-state index contributed by atoms with van der Waals surface area (Å²) < 4.78 is 1.93. The van der Waals surface area contributed by atoms with Gasteiger partial charge in [-0.3, -0.25) is 0 Å². The minimum atomic E-state index is 0.529. The fourth-order valence-corrected chi connectivity index (χ4v) is 3.04. The highest BCUT2D eigenvalue weighted by Crippen LogP contribution is 2.33. The number of imidazole rings is 1. The van der Waals surface area contributed by atoms with E-state index >= 15 is 0 Å². The molecule has 2 aromatic heterocycles. The molecule has 1 N–H and O–H groups in total. The van der Waals surface area contributed by atoms with E-state index in [0.29, 0.717) is 10.0 Å². The number of nitrogens with zero attached hydrogens (tertiary/aromatic N) is 3. The van der Waals surface area contributed by atoms with Crippen LogP contribution in [0.15, 0.2) is 46.7 Å². The Hall–Kier alpha value is -1.43. The number of aromatic nitrogens is 3. The van der Waals surface area contributed by atoms with Gasteiger partial charge >= 0.3 is 0 Å². The Balaban J connectivity index is 2.04. The van der Waals surface area contributed by atoms with Crippen molar-refractivity contribution in [2.24, 2.45) is 0 Å². The van der Waals surface area contributed by atoms with Crippen LogP contribution in [0, 0.1) is 0 Å². The molecule has 7 heteroatoms. The van der Waals surface area contributed by atoms with E-state index in [1.165, 1.54) is 11.8 Å². The zero-order chi connectivity index (χ0) is 14.1. The summed E-state index contributed by atoms with van der Waals surface area (Å²) in [4.78, 5) is 9.82. The molecule has 0 atom stereocenters. The molecule has 3 aromatic rings. The minimum Gasteiger partial charge on any atom is -0.372 e. The highest BCUT2D eigenvalue weighted by molar-refractivity contribution is 7.99. The van der Waals surface area contributed by atoms with Gasteiger partial charge in [0.2, 0.25) is 0 Å². The zero-order valence-corrected chi connectivity index (χ0v) is 12.8. The third kappa shape index (κ3) is 2.57. The second-order valence-corrected chi connectivity index (χ2v) is 5.89. The molecule has 3 rings (SSSR count). The maximum absolute atomic E-state index is 6.04. The van der Waals surface area contributed by atoms with Crippen molar-refractivity contribution in [2.45, 2.75) is 9.92 Å². The molecule has 0 unspecified atom stereocenters. The van der Waals surface area contributed by atoms with Crippen LogP contribution in [0.25, 0.3) is 5.65 Å². The van der Waals surface area contributed by atoms with Crippen molar-refractivity contribution in [1.29, 1.82) is 0 Å². The number of halogens is 2. The van der Waals surface area contributed by atoms with Crippen LogP contribution in [-0.4, -0.2) is 21.4 Å². The molecule has 20 heavy (non-hydrogen) atoms. The molecule has 2 heterocycles. The fourth-order valence-electron chi connectivity index (χ4n) is 1.74. The monoisotopic (exact) mass is 324 g/mol. The smallest absolute Gasteiger partial charge is 0.170 e. The molecular weight excluding hydrogens is 315 g/mol. The number of anilines is 1. The van der Waals surface area contributed by atoms with Crippen LogP contribution in [0.1, 0.15) is 0 Å². The van der Waals surface area contributed by atoms with Crippen LogP contribution in [0.4, 0.5) is 5.82 Å². The van der Waals surface area contributed by atoms with E-state index in [0.717, 1.165) is 21.4 Å². The number of fused-ring (bicyclic) bond motifs is 1. The second-order valence-electron chi connectivity index (χ2n) is 4.02. The second kappa shape index (κ2) is 5.52. The summed E-state index contributed by atoms with van der Waals surface area (Å²) in [6.45, 7) is 0. The summed E-state index contributed by atoms with van der Waals surface area (Å²) in [5.74, 6) is 0.776. The lowest BCUT2D eigenvalue weighted by molar-refractivity contribution is 1.03. The maximum Gasteiger partial charge on any atom is 0.170 e. The topological polar surface area (TPSA) is 42.2 Å².